The third-order valence-corrected chi connectivity index (χ3v) is 2.12. The highest BCUT2D eigenvalue weighted by atomic mass is 79.9. The SMILES string of the molecule is Nc1cc(Br)ccc1-n1nccn1. The zero-order valence-electron chi connectivity index (χ0n) is 6.68. The molecular formula is C8H7BrN4. The van der Waals surface area contributed by atoms with E-state index in [1.165, 1.54) is 4.80 Å². The number of hydrogen-bond acceptors (Lipinski definition) is 3. The predicted octanol–water partition coefficient (Wildman–Crippen LogP) is 1.61. The fraction of sp³-hybridized carbons (Fsp3) is 0. The van der Waals surface area contributed by atoms with Gasteiger partial charge >= 0.3 is 0 Å². The van der Waals surface area contributed by atoms with Gasteiger partial charge in [0.2, 0.25) is 0 Å². The van der Waals surface area contributed by atoms with Crippen molar-refractivity contribution in [3.63, 3.8) is 0 Å². The van der Waals surface area contributed by atoms with Crippen LogP contribution >= 0.6 is 15.9 Å². The largest absolute Gasteiger partial charge is 0.397 e. The van der Waals surface area contributed by atoms with Crippen molar-refractivity contribution in [3.05, 3.63) is 35.1 Å². The van der Waals surface area contributed by atoms with E-state index in [4.69, 9.17) is 5.73 Å². The third kappa shape index (κ3) is 1.55. The molecule has 4 nitrogen and oxygen atoms in total. The van der Waals surface area contributed by atoms with Gasteiger partial charge in [-0.3, -0.25) is 0 Å². The van der Waals surface area contributed by atoms with E-state index in [9.17, 15) is 0 Å². The molecule has 0 aliphatic heterocycles. The maximum absolute atomic E-state index is 5.78. The second-order valence-corrected chi connectivity index (χ2v) is 3.44. The Morgan fingerprint density at radius 2 is 1.92 bits per heavy atom. The topological polar surface area (TPSA) is 56.7 Å². The van der Waals surface area contributed by atoms with Gasteiger partial charge in [0.1, 0.15) is 5.69 Å². The lowest BCUT2D eigenvalue weighted by atomic mass is 10.3. The van der Waals surface area contributed by atoms with Gasteiger partial charge in [-0.15, -0.1) is 4.80 Å². The first-order valence-corrected chi connectivity index (χ1v) is 4.48. The van der Waals surface area contributed by atoms with Crippen LogP contribution in [0.5, 0.6) is 0 Å². The van der Waals surface area contributed by atoms with Gasteiger partial charge in [0, 0.05) is 4.47 Å². The van der Waals surface area contributed by atoms with Crippen molar-refractivity contribution in [3.8, 4) is 5.69 Å². The summed E-state index contributed by atoms with van der Waals surface area (Å²) in [4.78, 5) is 1.49. The molecule has 5 heteroatoms. The Labute approximate surface area is 83.5 Å². The second kappa shape index (κ2) is 3.18. The highest BCUT2D eigenvalue weighted by molar-refractivity contribution is 9.10. The van der Waals surface area contributed by atoms with Crippen molar-refractivity contribution in [1.29, 1.82) is 0 Å². The number of nitrogens with zero attached hydrogens (tertiary/aromatic N) is 3. The molecule has 1 aromatic carbocycles. The standard InChI is InChI=1S/C8H7BrN4/c9-6-1-2-8(7(10)5-6)13-11-3-4-12-13/h1-5H,10H2. The van der Waals surface area contributed by atoms with E-state index in [0.717, 1.165) is 10.2 Å². The maximum Gasteiger partial charge on any atom is 0.109 e. The van der Waals surface area contributed by atoms with Gasteiger partial charge in [0.05, 0.1) is 18.1 Å². The number of anilines is 1. The molecule has 0 unspecified atom stereocenters. The normalized spacial score (nSPS) is 10.2. The fourth-order valence-corrected chi connectivity index (χ4v) is 1.43. The lowest BCUT2D eigenvalue weighted by Crippen LogP contribution is -2.02. The molecule has 66 valence electrons. The highest BCUT2D eigenvalue weighted by Crippen LogP contribution is 2.20. The van der Waals surface area contributed by atoms with E-state index in [1.54, 1.807) is 12.4 Å². The van der Waals surface area contributed by atoms with Crippen LogP contribution in [0, 0.1) is 0 Å². The Bertz CT molecular complexity index is 410. The lowest BCUT2D eigenvalue weighted by Gasteiger charge is -2.03. The molecule has 0 saturated carbocycles. The number of halogens is 1. The summed E-state index contributed by atoms with van der Waals surface area (Å²) >= 11 is 3.33. The van der Waals surface area contributed by atoms with Gasteiger partial charge in [-0.25, -0.2) is 0 Å². The van der Waals surface area contributed by atoms with Crippen LogP contribution in [-0.2, 0) is 0 Å². The zero-order chi connectivity index (χ0) is 9.26. The smallest absolute Gasteiger partial charge is 0.109 e. The number of nitrogens with two attached hydrogens (primary N) is 1. The van der Waals surface area contributed by atoms with E-state index in [1.807, 2.05) is 18.2 Å². The molecule has 0 fully saturated rings. The van der Waals surface area contributed by atoms with Gasteiger partial charge < -0.3 is 5.73 Å². The summed E-state index contributed by atoms with van der Waals surface area (Å²) in [5.41, 5.74) is 7.21. The Balaban J connectivity index is 2.53. The minimum absolute atomic E-state index is 0.644. The number of nitrogen functional groups attached to an aromatic ring is 1. The van der Waals surface area contributed by atoms with Crippen molar-refractivity contribution < 1.29 is 0 Å². The van der Waals surface area contributed by atoms with Crippen molar-refractivity contribution in [1.82, 2.24) is 15.0 Å². The fourth-order valence-electron chi connectivity index (χ4n) is 1.05. The molecular weight excluding hydrogens is 232 g/mol. The summed E-state index contributed by atoms with van der Waals surface area (Å²) in [7, 11) is 0. The van der Waals surface area contributed by atoms with Gasteiger partial charge in [-0.1, -0.05) is 15.9 Å². The zero-order valence-corrected chi connectivity index (χ0v) is 8.27. The van der Waals surface area contributed by atoms with Crippen LogP contribution in [0.1, 0.15) is 0 Å². The van der Waals surface area contributed by atoms with E-state index < -0.39 is 0 Å². The van der Waals surface area contributed by atoms with E-state index in [2.05, 4.69) is 26.1 Å². The van der Waals surface area contributed by atoms with E-state index in [-0.39, 0.29) is 0 Å². The van der Waals surface area contributed by atoms with Crippen molar-refractivity contribution in [2.45, 2.75) is 0 Å². The number of aromatic nitrogens is 3. The molecule has 0 saturated heterocycles. The second-order valence-electron chi connectivity index (χ2n) is 2.52. The van der Waals surface area contributed by atoms with Crippen molar-refractivity contribution >= 4 is 21.6 Å². The predicted molar refractivity (Wildman–Crippen MR) is 53.5 cm³/mol. The van der Waals surface area contributed by atoms with Gasteiger partial charge in [0.15, 0.2) is 0 Å². The Morgan fingerprint density at radius 1 is 1.23 bits per heavy atom. The molecule has 2 N–H and O–H groups in total. The van der Waals surface area contributed by atoms with Crippen LogP contribution < -0.4 is 5.73 Å². The van der Waals surface area contributed by atoms with Gasteiger partial charge in [-0.05, 0) is 18.2 Å². The monoisotopic (exact) mass is 238 g/mol. The number of hydrogen-bond donors (Lipinski definition) is 1. The lowest BCUT2D eigenvalue weighted by molar-refractivity contribution is 0.754. The quantitative estimate of drug-likeness (QED) is 0.769. The van der Waals surface area contributed by atoms with Crippen LogP contribution in [0.3, 0.4) is 0 Å². The van der Waals surface area contributed by atoms with Crippen LogP contribution in [-0.4, -0.2) is 15.0 Å². The highest BCUT2D eigenvalue weighted by Gasteiger charge is 2.02. The number of benzene rings is 1. The van der Waals surface area contributed by atoms with Crippen LogP contribution in [0.15, 0.2) is 35.1 Å². The molecule has 0 radical (unpaired) electrons. The number of rotatable bonds is 1. The summed E-state index contributed by atoms with van der Waals surface area (Å²) < 4.78 is 0.945. The molecule has 13 heavy (non-hydrogen) atoms. The molecule has 0 spiro atoms. The minimum Gasteiger partial charge on any atom is -0.397 e. The molecule has 1 heterocycles. The molecule has 0 atom stereocenters. The molecule has 2 aromatic rings. The third-order valence-electron chi connectivity index (χ3n) is 1.62. The van der Waals surface area contributed by atoms with Crippen LogP contribution in [0.4, 0.5) is 5.69 Å². The summed E-state index contributed by atoms with van der Waals surface area (Å²) in [6, 6.07) is 5.58. The Morgan fingerprint density at radius 3 is 2.54 bits per heavy atom. The molecule has 0 amide bonds. The molecule has 0 aliphatic carbocycles. The summed E-state index contributed by atoms with van der Waals surface area (Å²) in [5.74, 6) is 0. The summed E-state index contributed by atoms with van der Waals surface area (Å²) in [6.07, 6.45) is 3.23. The van der Waals surface area contributed by atoms with Gasteiger partial charge in [0.25, 0.3) is 0 Å². The van der Waals surface area contributed by atoms with Crippen LogP contribution in [0.25, 0.3) is 5.69 Å². The van der Waals surface area contributed by atoms with Crippen molar-refractivity contribution in [2.75, 3.05) is 5.73 Å². The molecule has 0 bridgehead atoms. The average molecular weight is 239 g/mol. The van der Waals surface area contributed by atoms with E-state index >= 15 is 0 Å². The Kier molecular flexibility index (Phi) is 2.02. The molecule has 1 aromatic heterocycles. The first kappa shape index (κ1) is 8.25. The van der Waals surface area contributed by atoms with Gasteiger partial charge in [-0.2, -0.15) is 10.2 Å². The maximum atomic E-state index is 5.78. The van der Waals surface area contributed by atoms with E-state index in [0.29, 0.717) is 5.69 Å². The molecule has 0 aliphatic rings. The van der Waals surface area contributed by atoms with Crippen molar-refractivity contribution in [2.24, 2.45) is 0 Å². The summed E-state index contributed by atoms with van der Waals surface area (Å²) in [5, 5.41) is 7.97. The Hall–Kier alpha value is -1.36. The minimum atomic E-state index is 0.644. The first-order chi connectivity index (χ1) is 6.27. The van der Waals surface area contributed by atoms with Crippen LogP contribution in [0.2, 0.25) is 0 Å². The molecule has 2 rings (SSSR count). The summed E-state index contributed by atoms with van der Waals surface area (Å²) in [6.45, 7) is 0. The first-order valence-electron chi connectivity index (χ1n) is 3.69. The average Bonchev–Trinajstić information content (AvgIpc) is 2.56.